The summed E-state index contributed by atoms with van der Waals surface area (Å²) in [6.45, 7) is 11.3. The number of rotatable bonds is 16. The number of hydrogen-bond donors (Lipinski definition) is 0. The average Bonchev–Trinajstić information content (AvgIpc) is 3.14. The van der Waals surface area contributed by atoms with E-state index in [-0.39, 0.29) is 0 Å². The second-order valence-corrected chi connectivity index (χ2v) is 8.61. The summed E-state index contributed by atoms with van der Waals surface area (Å²) >= 11 is 0. The molecule has 0 heterocycles. The zero-order valence-electron chi connectivity index (χ0n) is 15.7. The van der Waals surface area contributed by atoms with Crippen molar-refractivity contribution in [2.24, 2.45) is 0 Å². The minimum atomic E-state index is -2.75. The molecule has 0 N–H and O–H groups in total. The lowest BCUT2D eigenvalue weighted by atomic mass is 10.4. The zero-order chi connectivity index (χ0) is 17.5. The van der Waals surface area contributed by atoms with Crippen LogP contribution < -0.4 is 0 Å². The van der Waals surface area contributed by atoms with Crippen LogP contribution in [0.1, 0.15) is 46.5 Å². The number of hydrogen-bond acceptors (Lipinski definition) is 6. The first-order valence-electron chi connectivity index (χ1n) is 9.44. The Morgan fingerprint density at radius 1 is 0.625 bits per heavy atom. The van der Waals surface area contributed by atoms with Crippen molar-refractivity contribution in [2.75, 3.05) is 59.5 Å². The highest BCUT2D eigenvalue weighted by Gasteiger charge is 2.50. The monoisotopic (exact) mass is 364 g/mol. The van der Waals surface area contributed by atoms with Crippen molar-refractivity contribution in [1.82, 2.24) is 0 Å². The minimum Gasteiger partial charge on any atom is -0.379 e. The van der Waals surface area contributed by atoms with Crippen molar-refractivity contribution in [1.29, 1.82) is 0 Å². The van der Waals surface area contributed by atoms with Crippen LogP contribution in [-0.2, 0) is 27.5 Å². The zero-order valence-corrected chi connectivity index (χ0v) is 16.7. The Labute approximate surface area is 148 Å². The van der Waals surface area contributed by atoms with Gasteiger partial charge in [0.2, 0.25) is 0 Å². The molecule has 144 valence electrons. The minimum absolute atomic E-state index is 0.377. The Bertz CT molecular complexity index is 255. The molecule has 7 heteroatoms. The topological polar surface area (TPSA) is 55.4 Å². The van der Waals surface area contributed by atoms with Crippen molar-refractivity contribution >= 4 is 8.80 Å². The molecule has 0 spiro atoms. The van der Waals surface area contributed by atoms with E-state index >= 15 is 0 Å². The van der Waals surface area contributed by atoms with Crippen LogP contribution in [0.4, 0.5) is 0 Å². The molecule has 0 saturated heterocycles. The van der Waals surface area contributed by atoms with E-state index in [2.05, 4.69) is 0 Å². The first-order valence-corrected chi connectivity index (χ1v) is 11.2. The fourth-order valence-corrected chi connectivity index (χ4v) is 6.10. The van der Waals surface area contributed by atoms with Gasteiger partial charge >= 0.3 is 8.80 Å². The van der Waals surface area contributed by atoms with E-state index in [0.29, 0.717) is 65.0 Å². The van der Waals surface area contributed by atoms with E-state index in [4.69, 9.17) is 27.5 Å². The summed E-state index contributed by atoms with van der Waals surface area (Å²) in [6.07, 6.45) is 4.67. The third-order valence-corrected chi connectivity index (χ3v) is 7.46. The quantitative estimate of drug-likeness (QED) is 0.310. The maximum absolute atomic E-state index is 6.23. The predicted molar refractivity (Wildman–Crippen MR) is 95.3 cm³/mol. The van der Waals surface area contributed by atoms with Crippen molar-refractivity contribution in [3.63, 3.8) is 0 Å². The molecule has 24 heavy (non-hydrogen) atoms. The van der Waals surface area contributed by atoms with Crippen molar-refractivity contribution in [3.05, 3.63) is 0 Å². The summed E-state index contributed by atoms with van der Waals surface area (Å²) in [7, 11) is -2.75. The van der Waals surface area contributed by atoms with E-state index in [1.807, 2.05) is 20.8 Å². The lowest BCUT2D eigenvalue weighted by Crippen LogP contribution is -2.51. The van der Waals surface area contributed by atoms with Gasteiger partial charge in [-0.25, -0.2) is 0 Å². The van der Waals surface area contributed by atoms with Crippen LogP contribution in [0.5, 0.6) is 0 Å². The van der Waals surface area contributed by atoms with Crippen molar-refractivity contribution in [2.45, 2.75) is 52.0 Å². The van der Waals surface area contributed by atoms with E-state index in [1.165, 1.54) is 12.8 Å². The SMILES string of the molecule is CCOCCO[Si](OCCOCC)(OCCOCC)C1CCCC1. The van der Waals surface area contributed by atoms with Crippen LogP contribution in [-0.4, -0.2) is 68.3 Å². The van der Waals surface area contributed by atoms with Gasteiger partial charge in [0, 0.05) is 25.4 Å². The molecular weight excluding hydrogens is 328 g/mol. The second-order valence-electron chi connectivity index (χ2n) is 5.72. The molecule has 0 unspecified atom stereocenters. The molecule has 0 bridgehead atoms. The molecule has 1 aliphatic carbocycles. The van der Waals surface area contributed by atoms with Gasteiger partial charge < -0.3 is 27.5 Å². The highest BCUT2D eigenvalue weighted by molar-refractivity contribution is 6.62. The molecule has 0 atom stereocenters. The third-order valence-electron chi connectivity index (χ3n) is 4.06. The number of ether oxygens (including phenoxy) is 3. The van der Waals surface area contributed by atoms with Crippen LogP contribution in [0, 0.1) is 0 Å². The molecule has 0 amide bonds. The summed E-state index contributed by atoms with van der Waals surface area (Å²) in [5.41, 5.74) is 0.377. The van der Waals surface area contributed by atoms with Crippen LogP contribution >= 0.6 is 0 Å². The lowest BCUT2D eigenvalue weighted by Gasteiger charge is -2.34. The molecule has 1 saturated carbocycles. The standard InChI is InChI=1S/C17H36O6Si/c1-4-18-11-14-21-24(17-9-7-8-10-17,22-15-12-19-5-2)23-16-13-20-6-3/h17H,4-16H2,1-3H3. The molecule has 1 aliphatic rings. The average molecular weight is 365 g/mol. The van der Waals surface area contributed by atoms with Gasteiger partial charge in [-0.2, -0.15) is 0 Å². The van der Waals surface area contributed by atoms with E-state index in [1.54, 1.807) is 0 Å². The van der Waals surface area contributed by atoms with Gasteiger partial charge in [-0.1, -0.05) is 12.8 Å². The van der Waals surface area contributed by atoms with Crippen LogP contribution in [0.3, 0.4) is 0 Å². The predicted octanol–water partition coefficient (Wildman–Crippen LogP) is 3.03. The van der Waals surface area contributed by atoms with Gasteiger partial charge in [-0.05, 0) is 33.6 Å². The van der Waals surface area contributed by atoms with Gasteiger partial charge in [0.05, 0.1) is 39.6 Å². The van der Waals surface area contributed by atoms with Gasteiger partial charge in [0.15, 0.2) is 0 Å². The molecule has 1 fully saturated rings. The lowest BCUT2D eigenvalue weighted by molar-refractivity contribution is -0.00223. The molecule has 1 rings (SSSR count). The van der Waals surface area contributed by atoms with Crippen molar-refractivity contribution < 1.29 is 27.5 Å². The first kappa shape index (κ1) is 22.0. The van der Waals surface area contributed by atoms with Gasteiger partial charge in [-0.15, -0.1) is 0 Å². The van der Waals surface area contributed by atoms with Crippen LogP contribution in [0.25, 0.3) is 0 Å². The Balaban J connectivity index is 2.63. The van der Waals surface area contributed by atoms with Crippen molar-refractivity contribution in [3.8, 4) is 0 Å². The Hall–Kier alpha value is -0.0231. The van der Waals surface area contributed by atoms with E-state index in [9.17, 15) is 0 Å². The van der Waals surface area contributed by atoms with Crippen LogP contribution in [0.2, 0.25) is 5.54 Å². The largest absolute Gasteiger partial charge is 0.504 e. The first-order chi connectivity index (χ1) is 11.8. The Morgan fingerprint density at radius 2 is 1.00 bits per heavy atom. The maximum Gasteiger partial charge on any atom is 0.504 e. The van der Waals surface area contributed by atoms with Gasteiger partial charge in [0.1, 0.15) is 0 Å². The van der Waals surface area contributed by atoms with Gasteiger partial charge in [-0.3, -0.25) is 0 Å². The fourth-order valence-electron chi connectivity index (χ4n) is 2.92. The molecule has 0 radical (unpaired) electrons. The Morgan fingerprint density at radius 3 is 1.33 bits per heavy atom. The third kappa shape index (κ3) is 8.38. The summed E-state index contributed by atoms with van der Waals surface area (Å²) in [4.78, 5) is 0. The molecule has 0 aromatic carbocycles. The molecule has 6 nitrogen and oxygen atoms in total. The molecule has 0 aromatic rings. The molecule has 0 aromatic heterocycles. The highest BCUT2D eigenvalue weighted by atomic mass is 28.4. The maximum atomic E-state index is 6.23. The van der Waals surface area contributed by atoms with E-state index < -0.39 is 8.80 Å². The smallest absolute Gasteiger partial charge is 0.379 e. The van der Waals surface area contributed by atoms with E-state index in [0.717, 1.165) is 12.8 Å². The fraction of sp³-hybridized carbons (Fsp3) is 1.00. The second kappa shape index (κ2) is 14.2. The van der Waals surface area contributed by atoms with Crippen LogP contribution in [0.15, 0.2) is 0 Å². The summed E-state index contributed by atoms with van der Waals surface area (Å²) in [5, 5.41) is 0. The normalized spacial score (nSPS) is 16.1. The highest BCUT2D eigenvalue weighted by Crippen LogP contribution is 2.40. The Kier molecular flexibility index (Phi) is 13.0. The summed E-state index contributed by atoms with van der Waals surface area (Å²) in [5.74, 6) is 0. The van der Waals surface area contributed by atoms with Gasteiger partial charge in [0.25, 0.3) is 0 Å². The summed E-state index contributed by atoms with van der Waals surface area (Å²) < 4.78 is 34.9. The molecular formula is C17H36O6Si. The molecule has 0 aliphatic heterocycles. The summed E-state index contributed by atoms with van der Waals surface area (Å²) in [6, 6.07) is 0.